The van der Waals surface area contributed by atoms with Gasteiger partial charge < -0.3 is 15.3 Å². The molecule has 0 heterocycles. The van der Waals surface area contributed by atoms with Crippen molar-refractivity contribution in [2.45, 2.75) is 110 Å². The van der Waals surface area contributed by atoms with Gasteiger partial charge in [-0.3, -0.25) is 0 Å². The molecule has 3 saturated carbocycles. The maximum absolute atomic E-state index is 10.5. The highest BCUT2D eigenvalue weighted by Crippen LogP contribution is 2.59. The second kappa shape index (κ2) is 9.30. The van der Waals surface area contributed by atoms with Crippen LogP contribution in [0.1, 0.15) is 91.9 Å². The lowest BCUT2D eigenvalue weighted by Crippen LogP contribution is -2.35. The largest absolute Gasteiger partial charge is 0.393 e. The van der Waals surface area contributed by atoms with Crippen molar-refractivity contribution in [3.05, 3.63) is 35.5 Å². The minimum atomic E-state index is -0.847. The molecule has 3 N–H and O–H groups in total. The molecule has 0 bridgehead atoms. The van der Waals surface area contributed by atoms with E-state index in [1.807, 2.05) is 0 Å². The van der Waals surface area contributed by atoms with Crippen LogP contribution in [0, 0.1) is 23.2 Å². The predicted octanol–water partition coefficient (Wildman–Crippen LogP) is 5.70. The van der Waals surface area contributed by atoms with Crippen LogP contribution >= 0.6 is 0 Å². The molecule has 3 rings (SSSR count). The van der Waals surface area contributed by atoms with Crippen LogP contribution < -0.4 is 0 Å². The summed E-state index contributed by atoms with van der Waals surface area (Å²) >= 11 is 0. The van der Waals surface area contributed by atoms with E-state index in [0.717, 1.165) is 25.7 Å². The molecular formula is C27H44O3. The van der Waals surface area contributed by atoms with Gasteiger partial charge in [0, 0.05) is 6.42 Å². The van der Waals surface area contributed by atoms with Gasteiger partial charge in [-0.05, 0) is 94.8 Å². The molecule has 0 saturated heterocycles. The molecule has 0 aliphatic heterocycles. The van der Waals surface area contributed by atoms with Crippen molar-refractivity contribution >= 4 is 0 Å². The molecule has 6 atom stereocenters. The van der Waals surface area contributed by atoms with Crippen molar-refractivity contribution < 1.29 is 15.3 Å². The van der Waals surface area contributed by atoms with Crippen LogP contribution in [0.25, 0.3) is 0 Å². The average Bonchev–Trinajstić information content (AvgIpc) is 2.98. The molecule has 0 aromatic rings. The van der Waals surface area contributed by atoms with Crippen LogP contribution in [0.2, 0.25) is 0 Å². The molecule has 170 valence electrons. The highest BCUT2D eigenvalue weighted by atomic mass is 16.3. The zero-order chi connectivity index (χ0) is 22.1. The molecule has 3 heteroatoms. The summed E-state index contributed by atoms with van der Waals surface area (Å²) in [4.78, 5) is 0. The number of rotatable bonds is 6. The summed E-state index contributed by atoms with van der Waals surface area (Å²) in [6.07, 6.45) is 13.8. The van der Waals surface area contributed by atoms with Crippen molar-refractivity contribution in [2.75, 3.05) is 0 Å². The first-order valence-electron chi connectivity index (χ1n) is 12.2. The zero-order valence-electron chi connectivity index (χ0n) is 19.7. The van der Waals surface area contributed by atoms with E-state index in [1.165, 1.54) is 36.8 Å². The Morgan fingerprint density at radius 1 is 1.20 bits per heavy atom. The van der Waals surface area contributed by atoms with Crippen molar-refractivity contribution in [3.63, 3.8) is 0 Å². The van der Waals surface area contributed by atoms with Crippen molar-refractivity contribution in [2.24, 2.45) is 23.2 Å². The van der Waals surface area contributed by atoms with Crippen LogP contribution in [0.15, 0.2) is 35.5 Å². The lowest BCUT2D eigenvalue weighted by atomic mass is 9.61. The van der Waals surface area contributed by atoms with Crippen LogP contribution in [-0.2, 0) is 0 Å². The number of aliphatic hydroxyl groups is 3. The Labute approximate surface area is 184 Å². The second-order valence-electron chi connectivity index (χ2n) is 11.4. The first-order chi connectivity index (χ1) is 14.0. The van der Waals surface area contributed by atoms with Gasteiger partial charge in [0.2, 0.25) is 0 Å². The highest BCUT2D eigenvalue weighted by Gasteiger charge is 2.50. The van der Waals surface area contributed by atoms with Gasteiger partial charge in [0.25, 0.3) is 0 Å². The molecule has 0 amide bonds. The fourth-order valence-corrected chi connectivity index (χ4v) is 6.65. The Balaban J connectivity index is 1.71. The first kappa shape index (κ1) is 23.8. The second-order valence-corrected chi connectivity index (χ2v) is 11.4. The summed E-state index contributed by atoms with van der Waals surface area (Å²) in [7, 11) is 0. The van der Waals surface area contributed by atoms with E-state index < -0.39 is 11.7 Å². The Hall–Kier alpha value is -0.900. The highest BCUT2D eigenvalue weighted by molar-refractivity contribution is 5.28. The maximum atomic E-state index is 10.5. The summed E-state index contributed by atoms with van der Waals surface area (Å²) in [6.45, 7) is 12.6. The van der Waals surface area contributed by atoms with Crippen LogP contribution in [0.5, 0.6) is 0 Å². The molecule has 3 fully saturated rings. The summed E-state index contributed by atoms with van der Waals surface area (Å²) in [5.74, 6) is 1.62. The van der Waals surface area contributed by atoms with Gasteiger partial charge in [0.1, 0.15) is 0 Å². The molecule has 3 nitrogen and oxygen atoms in total. The monoisotopic (exact) mass is 416 g/mol. The molecule has 3 aliphatic carbocycles. The normalized spacial score (nSPS) is 38.6. The topological polar surface area (TPSA) is 60.7 Å². The molecule has 0 aromatic carbocycles. The molecule has 0 spiro atoms. The number of fused-ring (bicyclic) bond motifs is 1. The molecule has 0 aromatic heterocycles. The summed E-state index contributed by atoms with van der Waals surface area (Å²) in [6, 6.07) is 0. The van der Waals surface area contributed by atoms with Gasteiger partial charge in [0.15, 0.2) is 0 Å². The van der Waals surface area contributed by atoms with Crippen LogP contribution in [0.4, 0.5) is 0 Å². The van der Waals surface area contributed by atoms with Crippen molar-refractivity contribution in [1.82, 2.24) is 0 Å². The maximum Gasteiger partial charge on any atom is 0.0616 e. The third-order valence-corrected chi connectivity index (χ3v) is 8.24. The van der Waals surface area contributed by atoms with E-state index >= 15 is 0 Å². The lowest BCUT2D eigenvalue weighted by Gasteiger charge is -2.43. The fourth-order valence-electron chi connectivity index (χ4n) is 6.65. The molecule has 30 heavy (non-hydrogen) atoms. The van der Waals surface area contributed by atoms with Gasteiger partial charge in [-0.25, -0.2) is 0 Å². The van der Waals surface area contributed by atoms with Crippen LogP contribution in [-0.4, -0.2) is 33.1 Å². The summed E-state index contributed by atoms with van der Waals surface area (Å²) in [5.41, 5.74) is 3.53. The number of hydrogen-bond donors (Lipinski definition) is 3. The number of hydrogen-bond acceptors (Lipinski definition) is 3. The Morgan fingerprint density at radius 2 is 1.90 bits per heavy atom. The third-order valence-electron chi connectivity index (χ3n) is 8.24. The third kappa shape index (κ3) is 5.47. The van der Waals surface area contributed by atoms with Gasteiger partial charge in [-0.15, -0.1) is 0 Å². The van der Waals surface area contributed by atoms with E-state index in [1.54, 1.807) is 19.4 Å². The molecule has 3 aliphatic rings. The molecule has 6 unspecified atom stereocenters. The smallest absolute Gasteiger partial charge is 0.0616 e. The zero-order valence-corrected chi connectivity index (χ0v) is 19.7. The minimum Gasteiger partial charge on any atom is -0.393 e. The number of aliphatic hydroxyl groups excluding tert-OH is 2. The first-order valence-corrected chi connectivity index (χ1v) is 12.2. The molecule has 0 radical (unpaired) electrons. The van der Waals surface area contributed by atoms with Gasteiger partial charge in [-0.2, -0.15) is 0 Å². The van der Waals surface area contributed by atoms with Crippen molar-refractivity contribution in [1.29, 1.82) is 0 Å². The van der Waals surface area contributed by atoms with E-state index in [-0.39, 0.29) is 11.5 Å². The quantitative estimate of drug-likeness (QED) is 0.486. The predicted molar refractivity (Wildman–Crippen MR) is 124 cm³/mol. The number of allylic oxidation sites excluding steroid dienone is 3. The van der Waals surface area contributed by atoms with E-state index in [0.29, 0.717) is 30.6 Å². The average molecular weight is 417 g/mol. The van der Waals surface area contributed by atoms with Gasteiger partial charge in [-0.1, -0.05) is 49.3 Å². The summed E-state index contributed by atoms with van der Waals surface area (Å²) < 4.78 is 0. The van der Waals surface area contributed by atoms with Gasteiger partial charge >= 0.3 is 0 Å². The van der Waals surface area contributed by atoms with Gasteiger partial charge in [0.05, 0.1) is 17.8 Å². The Morgan fingerprint density at radius 3 is 2.60 bits per heavy atom. The Bertz CT molecular complexity index is 683. The van der Waals surface area contributed by atoms with E-state index in [2.05, 4.69) is 32.6 Å². The van der Waals surface area contributed by atoms with E-state index in [9.17, 15) is 15.3 Å². The fraction of sp³-hybridized carbons (Fsp3) is 0.778. The Kier molecular flexibility index (Phi) is 7.37. The van der Waals surface area contributed by atoms with Crippen LogP contribution in [0.3, 0.4) is 0 Å². The lowest BCUT2D eigenvalue weighted by molar-refractivity contribution is 0.0171. The summed E-state index contributed by atoms with van der Waals surface area (Å²) in [5, 5.41) is 30.5. The standard InChI is InChI=1S/C27H44O3/c1-18-8-11-22(28)16-21(18)10-9-20-7-6-14-27(5)24(12-13-25(20)27)19(2)15-23(29)17-26(3,4)30/h9-10,18,22-25,28-30H,2,6-8,11-17H2,1,3-5H3. The molecular weight excluding hydrogens is 372 g/mol. The van der Waals surface area contributed by atoms with Crippen molar-refractivity contribution in [3.8, 4) is 0 Å². The van der Waals surface area contributed by atoms with E-state index in [4.69, 9.17) is 0 Å². The SMILES string of the molecule is C=C(CC(O)CC(C)(C)O)C1CCC2C(=CC=C3CC(O)CCC3C)CCCC12C. The minimum absolute atomic E-state index is 0.169.